The number of ether oxygens (including phenoxy) is 1. The summed E-state index contributed by atoms with van der Waals surface area (Å²) in [5.41, 5.74) is 5.62. The molecule has 1 heterocycles. The molecule has 0 aliphatic carbocycles. The second-order valence-electron chi connectivity index (χ2n) is 3.43. The fourth-order valence-electron chi connectivity index (χ4n) is 1.27. The largest absolute Gasteiger partial charge is 0.438 e. The lowest BCUT2D eigenvalue weighted by atomic mass is 10.3. The van der Waals surface area contributed by atoms with Crippen molar-refractivity contribution in [2.75, 3.05) is 6.26 Å². The van der Waals surface area contributed by atoms with Gasteiger partial charge in [0.1, 0.15) is 17.3 Å². The van der Waals surface area contributed by atoms with Crippen LogP contribution >= 0.6 is 11.8 Å². The average Bonchev–Trinajstić information content (AvgIpc) is 2.40. The molecule has 18 heavy (non-hydrogen) atoms. The summed E-state index contributed by atoms with van der Waals surface area (Å²) in [6, 6.07) is 7.67. The first kappa shape index (κ1) is 12.4. The highest BCUT2D eigenvalue weighted by molar-refractivity contribution is 7.98. The topological polar surface area (TPSA) is 84.9 Å². The van der Waals surface area contributed by atoms with Crippen LogP contribution in [0.4, 0.5) is 0 Å². The van der Waals surface area contributed by atoms with Gasteiger partial charge in [0.05, 0.1) is 12.4 Å². The van der Waals surface area contributed by atoms with E-state index in [9.17, 15) is 0 Å². The highest BCUT2D eigenvalue weighted by atomic mass is 32.2. The number of nitrogens with one attached hydrogen (secondary N) is 1. The Bertz CT molecular complexity index is 539. The first-order chi connectivity index (χ1) is 8.69. The molecule has 0 aliphatic rings. The number of nitrogen functional groups attached to an aromatic ring is 1. The molecule has 0 atom stereocenters. The van der Waals surface area contributed by atoms with Crippen LogP contribution in [-0.2, 0) is 0 Å². The minimum Gasteiger partial charge on any atom is -0.438 e. The Hall–Kier alpha value is -2.08. The quantitative estimate of drug-likeness (QED) is 0.500. The van der Waals surface area contributed by atoms with E-state index < -0.39 is 0 Å². The second kappa shape index (κ2) is 5.50. The number of nitrogens with two attached hydrogens (primary N) is 1. The van der Waals surface area contributed by atoms with E-state index in [1.165, 1.54) is 17.3 Å². The fourth-order valence-corrected chi connectivity index (χ4v) is 1.68. The summed E-state index contributed by atoms with van der Waals surface area (Å²) in [6.45, 7) is 0. The van der Waals surface area contributed by atoms with E-state index in [-0.39, 0.29) is 5.84 Å². The number of benzene rings is 1. The standard InChI is InChI=1S/C12H12N4OS/c1-18-9-4-2-8(3-5-9)17-11-7-15-10(6-16-11)12(13)14/h2-7H,1H3,(H3,13,14). The van der Waals surface area contributed by atoms with Crippen LogP contribution in [0.3, 0.4) is 0 Å². The number of aromatic nitrogens is 2. The Kier molecular flexibility index (Phi) is 3.78. The third-order valence-corrected chi connectivity index (χ3v) is 2.93. The van der Waals surface area contributed by atoms with Crippen molar-refractivity contribution < 1.29 is 4.74 Å². The van der Waals surface area contributed by atoms with Gasteiger partial charge in [-0.15, -0.1) is 11.8 Å². The average molecular weight is 260 g/mol. The van der Waals surface area contributed by atoms with Crippen molar-refractivity contribution in [3.63, 3.8) is 0 Å². The van der Waals surface area contributed by atoms with Crippen LogP contribution in [0.25, 0.3) is 0 Å². The molecule has 0 saturated heterocycles. The van der Waals surface area contributed by atoms with Crippen LogP contribution in [0.2, 0.25) is 0 Å². The SMILES string of the molecule is CSc1ccc(Oc2cnc(C(=N)N)cn2)cc1. The van der Waals surface area contributed by atoms with Gasteiger partial charge in [-0.05, 0) is 30.5 Å². The molecule has 6 heteroatoms. The molecule has 2 rings (SSSR count). The summed E-state index contributed by atoms with van der Waals surface area (Å²) in [4.78, 5) is 9.16. The molecule has 0 amide bonds. The molecule has 92 valence electrons. The Morgan fingerprint density at radius 1 is 1.22 bits per heavy atom. The van der Waals surface area contributed by atoms with Crippen LogP contribution in [0.1, 0.15) is 5.69 Å². The van der Waals surface area contributed by atoms with E-state index in [4.69, 9.17) is 15.9 Å². The molecule has 0 spiro atoms. The van der Waals surface area contributed by atoms with E-state index in [0.717, 1.165) is 0 Å². The first-order valence-electron chi connectivity index (χ1n) is 5.17. The molecule has 0 fully saturated rings. The van der Waals surface area contributed by atoms with Gasteiger partial charge in [0.15, 0.2) is 0 Å². The minimum atomic E-state index is -0.113. The molecule has 2 aromatic rings. The van der Waals surface area contributed by atoms with Crippen LogP contribution in [-0.4, -0.2) is 22.1 Å². The Balaban J connectivity index is 2.10. The lowest BCUT2D eigenvalue weighted by Crippen LogP contribution is -2.13. The predicted molar refractivity (Wildman–Crippen MR) is 71.3 cm³/mol. The number of hydrogen-bond acceptors (Lipinski definition) is 5. The van der Waals surface area contributed by atoms with E-state index >= 15 is 0 Å². The summed E-state index contributed by atoms with van der Waals surface area (Å²) in [7, 11) is 0. The Morgan fingerprint density at radius 2 is 1.94 bits per heavy atom. The number of amidine groups is 1. The maximum Gasteiger partial charge on any atom is 0.237 e. The van der Waals surface area contributed by atoms with Crippen molar-refractivity contribution in [3.8, 4) is 11.6 Å². The zero-order valence-corrected chi connectivity index (χ0v) is 10.6. The summed E-state index contributed by atoms with van der Waals surface area (Å²) in [5, 5.41) is 7.20. The maximum atomic E-state index is 7.20. The second-order valence-corrected chi connectivity index (χ2v) is 4.31. The smallest absolute Gasteiger partial charge is 0.237 e. The first-order valence-corrected chi connectivity index (χ1v) is 6.40. The highest BCUT2D eigenvalue weighted by Crippen LogP contribution is 2.22. The van der Waals surface area contributed by atoms with Gasteiger partial charge in [0.25, 0.3) is 0 Å². The summed E-state index contributed by atoms with van der Waals surface area (Å²) in [6.07, 6.45) is 4.87. The molecular weight excluding hydrogens is 248 g/mol. The number of rotatable bonds is 4. The van der Waals surface area contributed by atoms with Crippen molar-refractivity contribution in [1.29, 1.82) is 5.41 Å². The molecule has 1 aromatic heterocycles. The van der Waals surface area contributed by atoms with Gasteiger partial charge in [0.2, 0.25) is 5.88 Å². The lowest BCUT2D eigenvalue weighted by Gasteiger charge is -2.05. The molecule has 0 unspecified atom stereocenters. The molecule has 0 saturated carbocycles. The Labute approximate surface area is 109 Å². The molecule has 3 N–H and O–H groups in total. The maximum absolute atomic E-state index is 7.20. The zero-order chi connectivity index (χ0) is 13.0. The van der Waals surface area contributed by atoms with E-state index in [1.807, 2.05) is 30.5 Å². The Morgan fingerprint density at radius 3 is 2.44 bits per heavy atom. The molecule has 5 nitrogen and oxygen atoms in total. The van der Waals surface area contributed by atoms with Crippen molar-refractivity contribution in [3.05, 3.63) is 42.4 Å². The van der Waals surface area contributed by atoms with Gasteiger partial charge in [-0.25, -0.2) is 9.97 Å². The number of thioether (sulfide) groups is 1. The minimum absolute atomic E-state index is 0.113. The van der Waals surface area contributed by atoms with Gasteiger partial charge < -0.3 is 10.5 Å². The van der Waals surface area contributed by atoms with Crippen molar-refractivity contribution >= 4 is 17.6 Å². The van der Waals surface area contributed by atoms with Gasteiger partial charge in [-0.2, -0.15) is 0 Å². The zero-order valence-electron chi connectivity index (χ0n) is 9.75. The van der Waals surface area contributed by atoms with Crippen LogP contribution in [0.5, 0.6) is 11.6 Å². The van der Waals surface area contributed by atoms with Crippen molar-refractivity contribution in [2.45, 2.75) is 4.90 Å². The predicted octanol–water partition coefficient (Wildman–Crippen LogP) is 2.27. The van der Waals surface area contributed by atoms with Crippen molar-refractivity contribution in [2.24, 2.45) is 5.73 Å². The third kappa shape index (κ3) is 2.98. The van der Waals surface area contributed by atoms with Gasteiger partial charge in [0, 0.05) is 4.90 Å². The van der Waals surface area contributed by atoms with Crippen molar-refractivity contribution in [1.82, 2.24) is 9.97 Å². The summed E-state index contributed by atoms with van der Waals surface area (Å²) < 4.78 is 5.52. The number of hydrogen-bond donors (Lipinski definition) is 2. The molecule has 0 bridgehead atoms. The molecule has 0 radical (unpaired) electrons. The van der Waals surface area contributed by atoms with Crippen LogP contribution < -0.4 is 10.5 Å². The van der Waals surface area contributed by atoms with E-state index in [0.29, 0.717) is 17.3 Å². The molecule has 1 aromatic carbocycles. The monoisotopic (exact) mass is 260 g/mol. The van der Waals surface area contributed by atoms with Gasteiger partial charge >= 0.3 is 0 Å². The molecular formula is C12H12N4OS. The van der Waals surface area contributed by atoms with Crippen LogP contribution in [0, 0.1) is 5.41 Å². The number of nitrogens with zero attached hydrogens (tertiary/aromatic N) is 2. The summed E-state index contributed by atoms with van der Waals surface area (Å²) >= 11 is 1.67. The fraction of sp³-hybridized carbons (Fsp3) is 0.0833. The van der Waals surface area contributed by atoms with E-state index in [1.54, 1.807) is 11.8 Å². The van der Waals surface area contributed by atoms with Gasteiger partial charge in [-0.1, -0.05) is 0 Å². The summed E-state index contributed by atoms with van der Waals surface area (Å²) in [5.74, 6) is 0.952. The third-order valence-electron chi connectivity index (χ3n) is 2.19. The van der Waals surface area contributed by atoms with Crippen LogP contribution in [0.15, 0.2) is 41.6 Å². The molecule has 0 aliphatic heterocycles. The highest BCUT2D eigenvalue weighted by Gasteiger charge is 2.02. The van der Waals surface area contributed by atoms with E-state index in [2.05, 4.69) is 9.97 Å². The van der Waals surface area contributed by atoms with Gasteiger partial charge in [-0.3, -0.25) is 5.41 Å². The lowest BCUT2D eigenvalue weighted by molar-refractivity contribution is 0.459. The normalized spacial score (nSPS) is 10.1.